The molecule has 0 spiro atoms. The molecule has 2 heterocycles. The van der Waals surface area contributed by atoms with Gasteiger partial charge in [-0.2, -0.15) is 0 Å². The maximum atomic E-state index is 12.2. The van der Waals surface area contributed by atoms with E-state index in [-0.39, 0.29) is 18.4 Å². The second kappa shape index (κ2) is 7.53. The van der Waals surface area contributed by atoms with Crippen LogP contribution >= 0.6 is 23.1 Å². The van der Waals surface area contributed by atoms with Crippen molar-refractivity contribution in [3.63, 3.8) is 0 Å². The summed E-state index contributed by atoms with van der Waals surface area (Å²) in [7, 11) is -3.26. The number of sulfonamides is 1. The van der Waals surface area contributed by atoms with Crippen LogP contribution in [0.25, 0.3) is 0 Å². The number of aromatic nitrogens is 2. The van der Waals surface area contributed by atoms with Crippen LogP contribution in [0.1, 0.15) is 12.8 Å². The molecule has 0 aromatic carbocycles. The molecule has 2 rings (SSSR count). The zero-order chi connectivity index (χ0) is 16.2. The molecule has 1 aliphatic heterocycles. The molecule has 0 aliphatic carbocycles. The summed E-state index contributed by atoms with van der Waals surface area (Å²) in [6.45, 7) is 4.33. The molecule has 1 aliphatic rings. The quantitative estimate of drug-likeness (QED) is 0.467. The predicted molar refractivity (Wildman–Crippen MR) is 88.6 cm³/mol. The lowest BCUT2D eigenvalue weighted by molar-refractivity contribution is -0.120. The molecule has 1 N–H and O–H groups in total. The van der Waals surface area contributed by atoms with Gasteiger partial charge in [0.2, 0.25) is 21.1 Å². The van der Waals surface area contributed by atoms with Gasteiger partial charge in [-0.15, -0.1) is 16.8 Å². The van der Waals surface area contributed by atoms with Gasteiger partial charge in [0, 0.05) is 18.8 Å². The molecular formula is C12H18N4O3S3. The lowest BCUT2D eigenvalue weighted by Gasteiger charge is -2.29. The Morgan fingerprint density at radius 2 is 2.36 bits per heavy atom. The maximum absolute atomic E-state index is 12.2. The molecule has 1 aromatic heterocycles. The minimum Gasteiger partial charge on any atom is -0.300 e. The minimum absolute atomic E-state index is 0.204. The molecule has 7 nitrogen and oxygen atoms in total. The topological polar surface area (TPSA) is 92.3 Å². The Morgan fingerprint density at radius 1 is 1.59 bits per heavy atom. The van der Waals surface area contributed by atoms with Crippen LogP contribution in [-0.2, 0) is 14.8 Å². The van der Waals surface area contributed by atoms with Crippen molar-refractivity contribution >= 4 is 44.2 Å². The summed E-state index contributed by atoms with van der Waals surface area (Å²) in [6, 6.07) is 0. The van der Waals surface area contributed by atoms with Crippen LogP contribution in [-0.4, -0.2) is 53.9 Å². The van der Waals surface area contributed by atoms with Gasteiger partial charge in [-0.05, 0) is 12.8 Å². The van der Waals surface area contributed by atoms with Crippen LogP contribution < -0.4 is 5.32 Å². The summed E-state index contributed by atoms with van der Waals surface area (Å²) in [5.41, 5.74) is 0. The third-order valence-corrected chi connectivity index (χ3v) is 6.42. The Bertz CT molecular complexity index is 644. The first-order valence-electron chi connectivity index (χ1n) is 6.73. The van der Waals surface area contributed by atoms with Gasteiger partial charge in [0.05, 0.1) is 12.2 Å². The van der Waals surface area contributed by atoms with Gasteiger partial charge in [0.1, 0.15) is 0 Å². The van der Waals surface area contributed by atoms with Gasteiger partial charge in [0.15, 0.2) is 4.34 Å². The first kappa shape index (κ1) is 17.4. The summed E-state index contributed by atoms with van der Waals surface area (Å²) >= 11 is 2.80. The second-order valence-corrected chi connectivity index (χ2v) is 9.15. The summed E-state index contributed by atoms with van der Waals surface area (Å²) in [5, 5.41) is 11.1. The van der Waals surface area contributed by atoms with Crippen molar-refractivity contribution in [1.82, 2.24) is 14.5 Å². The molecule has 0 radical (unpaired) electrons. The highest BCUT2D eigenvalue weighted by atomic mass is 32.2. The van der Waals surface area contributed by atoms with Crippen LogP contribution in [0.15, 0.2) is 17.0 Å². The predicted octanol–water partition coefficient (Wildman–Crippen LogP) is 1.43. The highest BCUT2D eigenvalue weighted by molar-refractivity contribution is 8.01. The molecule has 22 heavy (non-hydrogen) atoms. The number of nitrogens with zero attached hydrogens (tertiary/aromatic N) is 3. The molecule has 0 bridgehead atoms. The van der Waals surface area contributed by atoms with Crippen molar-refractivity contribution in [2.75, 3.05) is 30.4 Å². The van der Waals surface area contributed by atoms with Gasteiger partial charge < -0.3 is 5.32 Å². The zero-order valence-corrected chi connectivity index (χ0v) is 14.6. The summed E-state index contributed by atoms with van der Waals surface area (Å²) in [5.74, 6) is 0.176. The maximum Gasteiger partial charge on any atom is 0.230 e. The lowest BCUT2D eigenvalue weighted by atomic mass is 9.99. The van der Waals surface area contributed by atoms with Crippen LogP contribution in [0.3, 0.4) is 0 Å². The Balaban J connectivity index is 1.94. The first-order chi connectivity index (χ1) is 10.4. The fourth-order valence-corrected chi connectivity index (χ4v) is 4.54. The number of piperidine rings is 1. The van der Waals surface area contributed by atoms with Crippen molar-refractivity contribution in [2.45, 2.75) is 17.2 Å². The average Bonchev–Trinajstić information content (AvgIpc) is 2.92. The minimum atomic E-state index is -3.26. The number of rotatable bonds is 6. The SMILES string of the molecule is C=CCSc1nnc(NC(=O)[C@H]2CCCN(S(C)(=O)=O)C2)s1. The van der Waals surface area contributed by atoms with Gasteiger partial charge in [0.25, 0.3) is 0 Å². The van der Waals surface area contributed by atoms with E-state index in [0.717, 1.165) is 10.1 Å². The van der Waals surface area contributed by atoms with E-state index in [1.165, 1.54) is 33.7 Å². The standard InChI is InChI=1S/C12H18N4O3S3/c1-3-7-20-12-15-14-11(21-12)13-10(17)9-5-4-6-16(8-9)22(2,18)19/h3,9H,1,4-8H2,2H3,(H,13,14,17)/t9-/m0/s1. The molecule has 1 fully saturated rings. The van der Waals surface area contributed by atoms with E-state index < -0.39 is 10.0 Å². The molecule has 1 amide bonds. The molecule has 10 heteroatoms. The van der Waals surface area contributed by atoms with E-state index in [2.05, 4.69) is 22.1 Å². The summed E-state index contributed by atoms with van der Waals surface area (Å²) < 4.78 is 25.3. The molecule has 1 aromatic rings. The Labute approximate surface area is 138 Å². The number of thioether (sulfide) groups is 1. The lowest BCUT2D eigenvalue weighted by Crippen LogP contribution is -2.43. The van der Waals surface area contributed by atoms with E-state index >= 15 is 0 Å². The number of hydrogen-bond acceptors (Lipinski definition) is 7. The van der Waals surface area contributed by atoms with Crippen LogP contribution in [0.4, 0.5) is 5.13 Å². The number of carbonyl (C=O) groups is 1. The normalized spacial score (nSPS) is 19.8. The number of amides is 1. The van der Waals surface area contributed by atoms with E-state index in [4.69, 9.17) is 0 Å². The van der Waals surface area contributed by atoms with E-state index in [0.29, 0.717) is 24.5 Å². The van der Waals surface area contributed by atoms with Crippen molar-refractivity contribution in [3.8, 4) is 0 Å². The third-order valence-electron chi connectivity index (χ3n) is 3.19. The smallest absolute Gasteiger partial charge is 0.230 e. The van der Waals surface area contributed by atoms with Gasteiger partial charge in [-0.3, -0.25) is 4.79 Å². The van der Waals surface area contributed by atoms with E-state index in [1.54, 1.807) is 6.08 Å². The molecule has 0 unspecified atom stereocenters. The largest absolute Gasteiger partial charge is 0.300 e. The Hall–Kier alpha value is -0.970. The van der Waals surface area contributed by atoms with E-state index in [9.17, 15) is 13.2 Å². The molecule has 1 atom stereocenters. The summed E-state index contributed by atoms with van der Waals surface area (Å²) in [6.07, 6.45) is 4.30. The number of nitrogens with one attached hydrogen (secondary N) is 1. The first-order valence-corrected chi connectivity index (χ1v) is 10.4. The van der Waals surface area contributed by atoms with Gasteiger partial charge in [-0.25, -0.2) is 12.7 Å². The second-order valence-electron chi connectivity index (χ2n) is 4.92. The monoisotopic (exact) mass is 362 g/mol. The highest BCUT2D eigenvalue weighted by Crippen LogP contribution is 2.26. The van der Waals surface area contributed by atoms with Gasteiger partial charge >= 0.3 is 0 Å². The van der Waals surface area contributed by atoms with Crippen LogP contribution in [0.2, 0.25) is 0 Å². The molecule has 0 saturated carbocycles. The van der Waals surface area contributed by atoms with Crippen molar-refractivity contribution in [3.05, 3.63) is 12.7 Å². The fraction of sp³-hybridized carbons (Fsp3) is 0.583. The average molecular weight is 363 g/mol. The number of anilines is 1. The fourth-order valence-electron chi connectivity index (χ4n) is 2.11. The zero-order valence-electron chi connectivity index (χ0n) is 12.2. The molecule has 1 saturated heterocycles. The molecular weight excluding hydrogens is 344 g/mol. The van der Waals surface area contributed by atoms with Crippen LogP contribution in [0.5, 0.6) is 0 Å². The van der Waals surface area contributed by atoms with Crippen molar-refractivity contribution < 1.29 is 13.2 Å². The van der Waals surface area contributed by atoms with Gasteiger partial charge in [-0.1, -0.05) is 29.2 Å². The molecule has 122 valence electrons. The summed E-state index contributed by atoms with van der Waals surface area (Å²) in [4.78, 5) is 12.2. The highest BCUT2D eigenvalue weighted by Gasteiger charge is 2.30. The third kappa shape index (κ3) is 4.77. The van der Waals surface area contributed by atoms with Crippen LogP contribution in [0, 0.1) is 5.92 Å². The van der Waals surface area contributed by atoms with E-state index in [1.807, 2.05) is 0 Å². The Kier molecular flexibility index (Phi) is 5.95. The Morgan fingerprint density at radius 3 is 3.05 bits per heavy atom. The number of carbonyl (C=O) groups excluding carboxylic acids is 1. The number of hydrogen-bond donors (Lipinski definition) is 1. The van der Waals surface area contributed by atoms with Crippen molar-refractivity contribution in [2.24, 2.45) is 5.92 Å². The van der Waals surface area contributed by atoms with Crippen molar-refractivity contribution in [1.29, 1.82) is 0 Å².